The first-order valence-electron chi connectivity index (χ1n) is 12.6. The highest BCUT2D eigenvalue weighted by Crippen LogP contribution is 2.32. The van der Waals surface area contributed by atoms with Crippen LogP contribution in [-0.4, -0.2) is 170 Å². The fraction of sp³-hybridized carbons (Fsp3) is 0.909. The molecule has 0 radical (unpaired) electrons. The Morgan fingerprint density at radius 1 is 0.600 bits per heavy atom. The Bertz CT molecular complexity index is 854. The van der Waals surface area contributed by atoms with Crippen molar-refractivity contribution in [1.82, 2.24) is 10.6 Å². The number of amides is 2. The Morgan fingerprint density at radius 2 is 1.05 bits per heavy atom. The maximum absolute atomic E-state index is 11.8. The molecular weight excluding hydrogens is 548 g/mol. The van der Waals surface area contributed by atoms with Gasteiger partial charge in [0.2, 0.25) is 11.8 Å². The van der Waals surface area contributed by atoms with Gasteiger partial charge in [0.05, 0.1) is 19.8 Å². The van der Waals surface area contributed by atoms with Crippen molar-refractivity contribution in [2.75, 3.05) is 19.8 Å². The number of nitrogens with one attached hydrogen (secondary N) is 2. The standard InChI is InChI=1S/C22H38N2O16/c1-6(28)23-11-16(33)13(30)8(3-25)37-21(11)40-19-17(34)14(31)9(4-26)38-22(19)39-18-12(24-7(2)29)20(35)36-10(5-27)15(18)32/h8-22,25-27,30-35H,3-5H2,1-2H3,(H,23,28)(H,24,29)/t8-,9-,10-,11-,12-,13-,14+,15-,16-,17+,18-,19-,20+,21+,22+/m1/s1. The van der Waals surface area contributed by atoms with Crippen LogP contribution in [0, 0.1) is 0 Å². The fourth-order valence-electron chi connectivity index (χ4n) is 4.84. The third kappa shape index (κ3) is 7.05. The van der Waals surface area contributed by atoms with E-state index in [1.54, 1.807) is 0 Å². The quantitative estimate of drug-likeness (QED) is 0.120. The lowest BCUT2D eigenvalue weighted by Gasteiger charge is -2.49. The van der Waals surface area contributed by atoms with Crippen LogP contribution in [0.4, 0.5) is 0 Å². The van der Waals surface area contributed by atoms with Crippen LogP contribution in [-0.2, 0) is 33.3 Å². The van der Waals surface area contributed by atoms with Gasteiger partial charge in [0.25, 0.3) is 0 Å². The predicted molar refractivity (Wildman–Crippen MR) is 124 cm³/mol. The Balaban J connectivity index is 1.95. The molecule has 2 amide bonds. The predicted octanol–water partition coefficient (Wildman–Crippen LogP) is -7.29. The number of hydrogen-bond donors (Lipinski definition) is 11. The normalized spacial score (nSPS) is 46.0. The summed E-state index contributed by atoms with van der Waals surface area (Å²) in [5.74, 6) is -1.33. The van der Waals surface area contributed by atoms with E-state index in [0.717, 1.165) is 13.8 Å². The second kappa shape index (κ2) is 14.0. The number of ether oxygens (including phenoxy) is 5. The van der Waals surface area contributed by atoms with Gasteiger partial charge in [0.1, 0.15) is 73.1 Å². The number of aliphatic hydroxyl groups is 9. The first-order valence-corrected chi connectivity index (χ1v) is 12.6. The molecule has 0 bridgehead atoms. The summed E-state index contributed by atoms with van der Waals surface area (Å²) < 4.78 is 27.8. The molecule has 3 heterocycles. The second-order valence-electron chi connectivity index (χ2n) is 9.81. The van der Waals surface area contributed by atoms with E-state index in [4.69, 9.17) is 23.7 Å². The van der Waals surface area contributed by atoms with Crippen LogP contribution >= 0.6 is 0 Å². The zero-order valence-corrected chi connectivity index (χ0v) is 21.7. The third-order valence-corrected chi connectivity index (χ3v) is 6.90. The first-order chi connectivity index (χ1) is 18.8. The summed E-state index contributed by atoms with van der Waals surface area (Å²) in [7, 11) is 0. The lowest BCUT2D eigenvalue weighted by atomic mass is 9.94. The third-order valence-electron chi connectivity index (χ3n) is 6.90. The van der Waals surface area contributed by atoms with E-state index in [-0.39, 0.29) is 0 Å². The van der Waals surface area contributed by atoms with E-state index in [1.165, 1.54) is 0 Å². The lowest BCUT2D eigenvalue weighted by molar-refractivity contribution is -0.373. The molecule has 3 rings (SSSR count). The zero-order chi connectivity index (χ0) is 29.9. The molecule has 11 N–H and O–H groups in total. The van der Waals surface area contributed by atoms with Crippen LogP contribution in [0.25, 0.3) is 0 Å². The van der Waals surface area contributed by atoms with E-state index in [9.17, 15) is 55.5 Å². The van der Waals surface area contributed by atoms with Crippen molar-refractivity contribution < 1.29 is 79.2 Å². The fourth-order valence-corrected chi connectivity index (χ4v) is 4.84. The number of carbonyl (C=O) groups is 2. The molecule has 0 aromatic carbocycles. The minimum Gasteiger partial charge on any atom is -0.394 e. The summed E-state index contributed by atoms with van der Waals surface area (Å²) in [6.07, 6.45) is -21.6. The van der Waals surface area contributed by atoms with E-state index in [1.807, 2.05) is 0 Å². The highest BCUT2D eigenvalue weighted by molar-refractivity contribution is 5.73. The number of aliphatic hydroxyl groups excluding tert-OH is 9. The molecule has 0 unspecified atom stereocenters. The molecule has 3 aliphatic heterocycles. The van der Waals surface area contributed by atoms with Crippen molar-refractivity contribution in [2.45, 2.75) is 106 Å². The van der Waals surface area contributed by atoms with E-state index in [2.05, 4.69) is 10.6 Å². The van der Waals surface area contributed by atoms with Crippen molar-refractivity contribution >= 4 is 11.8 Å². The van der Waals surface area contributed by atoms with E-state index >= 15 is 0 Å². The van der Waals surface area contributed by atoms with Crippen LogP contribution in [0.1, 0.15) is 13.8 Å². The molecule has 0 aromatic rings. The Kier molecular flexibility index (Phi) is 11.5. The number of hydrogen-bond acceptors (Lipinski definition) is 16. The summed E-state index contributed by atoms with van der Waals surface area (Å²) in [5, 5.41) is 96.9. The van der Waals surface area contributed by atoms with Crippen LogP contribution in [0.3, 0.4) is 0 Å². The molecular formula is C22H38N2O16. The Morgan fingerprint density at radius 3 is 1.57 bits per heavy atom. The van der Waals surface area contributed by atoms with Crippen molar-refractivity contribution in [3.8, 4) is 0 Å². The molecule has 0 saturated carbocycles. The smallest absolute Gasteiger partial charge is 0.217 e. The van der Waals surface area contributed by atoms with Crippen LogP contribution in [0.5, 0.6) is 0 Å². The van der Waals surface area contributed by atoms with Crippen LogP contribution in [0.2, 0.25) is 0 Å². The molecule has 3 aliphatic rings. The second-order valence-corrected chi connectivity index (χ2v) is 9.81. The van der Waals surface area contributed by atoms with E-state index < -0.39 is 124 Å². The van der Waals surface area contributed by atoms with E-state index in [0.29, 0.717) is 0 Å². The summed E-state index contributed by atoms with van der Waals surface area (Å²) in [6.45, 7) is -0.153. The Hall–Kier alpha value is -1.62. The van der Waals surface area contributed by atoms with Gasteiger partial charge in [0, 0.05) is 13.8 Å². The summed E-state index contributed by atoms with van der Waals surface area (Å²) in [5.41, 5.74) is 0. The monoisotopic (exact) mass is 586 g/mol. The van der Waals surface area contributed by atoms with Gasteiger partial charge in [-0.25, -0.2) is 0 Å². The lowest BCUT2D eigenvalue weighted by Crippen LogP contribution is -2.69. The molecule has 40 heavy (non-hydrogen) atoms. The highest BCUT2D eigenvalue weighted by atomic mass is 16.8. The Labute approximate surface area is 228 Å². The molecule has 0 aliphatic carbocycles. The zero-order valence-electron chi connectivity index (χ0n) is 21.7. The van der Waals surface area contributed by atoms with Crippen molar-refractivity contribution in [3.05, 3.63) is 0 Å². The topological polar surface area (TPSA) is 286 Å². The first kappa shape index (κ1) is 32.9. The molecule has 3 saturated heterocycles. The molecule has 15 atom stereocenters. The maximum atomic E-state index is 11.8. The minimum atomic E-state index is -1.90. The SMILES string of the molecule is CC(=O)N[C@@H]1[C@@H](O[C@@H]2O[C@H](CO)[C@H](O)[C@H](O)[C@H]2O[C@@H]2O[C@H](CO)[C@@H](O)[C@H](O)[C@H]2NC(C)=O)[C@H](O)[C@@H](CO)O[C@@H]1O. The van der Waals surface area contributed by atoms with Gasteiger partial charge in [-0.1, -0.05) is 0 Å². The highest BCUT2D eigenvalue weighted by Gasteiger charge is 2.54. The van der Waals surface area contributed by atoms with Gasteiger partial charge in [-0.3, -0.25) is 9.59 Å². The molecule has 232 valence electrons. The van der Waals surface area contributed by atoms with Gasteiger partial charge in [-0.2, -0.15) is 0 Å². The summed E-state index contributed by atoms with van der Waals surface area (Å²) >= 11 is 0. The largest absolute Gasteiger partial charge is 0.394 e. The molecule has 0 aromatic heterocycles. The summed E-state index contributed by atoms with van der Waals surface area (Å²) in [4.78, 5) is 23.6. The van der Waals surface area contributed by atoms with Gasteiger partial charge in [0.15, 0.2) is 18.9 Å². The number of rotatable bonds is 9. The van der Waals surface area contributed by atoms with Crippen molar-refractivity contribution in [1.29, 1.82) is 0 Å². The minimum absolute atomic E-state index is 0.659. The average Bonchev–Trinajstić information content (AvgIpc) is 2.90. The molecule has 0 spiro atoms. The van der Waals surface area contributed by atoms with Gasteiger partial charge in [-0.05, 0) is 0 Å². The van der Waals surface area contributed by atoms with Crippen LogP contribution in [0.15, 0.2) is 0 Å². The maximum Gasteiger partial charge on any atom is 0.217 e. The number of carbonyl (C=O) groups excluding carboxylic acids is 2. The van der Waals surface area contributed by atoms with Gasteiger partial charge < -0.3 is 80.3 Å². The molecule has 3 fully saturated rings. The molecule has 18 nitrogen and oxygen atoms in total. The summed E-state index contributed by atoms with van der Waals surface area (Å²) in [6, 6.07) is -2.90. The van der Waals surface area contributed by atoms with Crippen molar-refractivity contribution in [3.63, 3.8) is 0 Å². The van der Waals surface area contributed by atoms with Crippen molar-refractivity contribution in [2.24, 2.45) is 0 Å². The average molecular weight is 587 g/mol. The van der Waals surface area contributed by atoms with Crippen LogP contribution < -0.4 is 10.6 Å². The molecule has 18 heteroatoms. The van der Waals surface area contributed by atoms with Gasteiger partial charge >= 0.3 is 0 Å². The van der Waals surface area contributed by atoms with Gasteiger partial charge in [-0.15, -0.1) is 0 Å².